The van der Waals surface area contributed by atoms with E-state index in [1.165, 1.54) is 0 Å². The van der Waals surface area contributed by atoms with Crippen LogP contribution in [0.15, 0.2) is 51.5 Å². The largest absolute Gasteiger partial charge is 0.469 e. The zero-order chi connectivity index (χ0) is 16.4. The highest BCUT2D eigenvalue weighted by Gasteiger charge is 2.26. The second-order valence-electron chi connectivity index (χ2n) is 6.25. The Morgan fingerprint density at radius 2 is 2.00 bits per heavy atom. The lowest BCUT2D eigenvalue weighted by Gasteiger charge is -2.30. The number of carbonyl (C=O) groups is 1. The highest BCUT2D eigenvalue weighted by Crippen LogP contribution is 2.30. The summed E-state index contributed by atoms with van der Waals surface area (Å²) in [5, 5.41) is 0. The predicted molar refractivity (Wildman–Crippen MR) is 89.6 cm³/mol. The number of aromatic nitrogens is 1. The first-order valence-corrected chi connectivity index (χ1v) is 8.45. The number of nitrogens with zero attached hydrogens (tertiary/aromatic N) is 2. The third-order valence-corrected chi connectivity index (χ3v) is 4.67. The van der Waals surface area contributed by atoms with Gasteiger partial charge in [-0.15, -0.1) is 0 Å². The number of benzene rings is 1. The number of para-hydroxylation sites is 2. The molecule has 1 aromatic carbocycles. The lowest BCUT2D eigenvalue weighted by molar-refractivity contribution is -0.132. The van der Waals surface area contributed by atoms with Crippen molar-refractivity contribution in [3.8, 4) is 0 Å². The first-order valence-electron chi connectivity index (χ1n) is 8.45. The van der Waals surface area contributed by atoms with E-state index < -0.39 is 0 Å². The van der Waals surface area contributed by atoms with Crippen LogP contribution in [0.25, 0.3) is 11.1 Å². The molecule has 124 valence electrons. The van der Waals surface area contributed by atoms with E-state index in [1.54, 1.807) is 6.26 Å². The van der Waals surface area contributed by atoms with Crippen molar-refractivity contribution in [3.63, 3.8) is 0 Å². The quantitative estimate of drug-likeness (QED) is 0.733. The fraction of sp³-hybridized carbons (Fsp3) is 0.368. The Bertz CT molecular complexity index is 781. The molecule has 24 heavy (non-hydrogen) atoms. The highest BCUT2D eigenvalue weighted by molar-refractivity contribution is 5.76. The van der Waals surface area contributed by atoms with Gasteiger partial charge in [-0.05, 0) is 37.1 Å². The van der Waals surface area contributed by atoms with Crippen LogP contribution in [-0.4, -0.2) is 28.9 Å². The van der Waals surface area contributed by atoms with Crippen molar-refractivity contribution >= 4 is 17.0 Å². The number of carbonyl (C=O) groups excluding carboxylic acids is 1. The number of likely N-dealkylation sites (tertiary alicyclic amines) is 1. The van der Waals surface area contributed by atoms with Crippen LogP contribution in [0.1, 0.15) is 36.8 Å². The topological polar surface area (TPSA) is 59.5 Å². The molecule has 0 radical (unpaired) electrons. The molecule has 1 fully saturated rings. The Hall–Kier alpha value is -2.56. The van der Waals surface area contributed by atoms with E-state index in [-0.39, 0.29) is 5.91 Å². The van der Waals surface area contributed by atoms with Gasteiger partial charge in [-0.2, -0.15) is 0 Å². The number of aryl methyl sites for hydroxylation is 1. The predicted octanol–water partition coefficient (Wildman–Crippen LogP) is 3.76. The van der Waals surface area contributed by atoms with Crippen LogP contribution in [0.2, 0.25) is 0 Å². The van der Waals surface area contributed by atoms with Gasteiger partial charge < -0.3 is 13.7 Å². The molecule has 5 nitrogen and oxygen atoms in total. The van der Waals surface area contributed by atoms with Gasteiger partial charge in [-0.3, -0.25) is 4.79 Å². The minimum Gasteiger partial charge on any atom is -0.469 e. The van der Waals surface area contributed by atoms with Crippen molar-refractivity contribution in [2.24, 2.45) is 0 Å². The number of piperidine rings is 1. The lowest BCUT2D eigenvalue weighted by atomic mass is 9.96. The summed E-state index contributed by atoms with van der Waals surface area (Å²) in [6, 6.07) is 11.6. The number of oxazole rings is 1. The van der Waals surface area contributed by atoms with E-state index in [9.17, 15) is 4.79 Å². The summed E-state index contributed by atoms with van der Waals surface area (Å²) in [6.45, 7) is 1.53. The summed E-state index contributed by atoms with van der Waals surface area (Å²) in [7, 11) is 0. The van der Waals surface area contributed by atoms with Crippen LogP contribution in [0.5, 0.6) is 0 Å². The molecule has 5 heteroatoms. The van der Waals surface area contributed by atoms with Crippen molar-refractivity contribution in [1.29, 1.82) is 0 Å². The molecular formula is C19H20N2O3. The van der Waals surface area contributed by atoms with Gasteiger partial charge in [-0.25, -0.2) is 4.98 Å². The summed E-state index contributed by atoms with van der Waals surface area (Å²) in [4.78, 5) is 18.9. The van der Waals surface area contributed by atoms with Gasteiger partial charge in [0, 0.05) is 31.8 Å². The van der Waals surface area contributed by atoms with E-state index in [0.29, 0.717) is 18.8 Å². The molecule has 1 aliphatic rings. The van der Waals surface area contributed by atoms with Gasteiger partial charge in [0.1, 0.15) is 11.3 Å². The van der Waals surface area contributed by atoms with Crippen molar-refractivity contribution in [3.05, 3.63) is 54.3 Å². The standard InChI is InChI=1S/C19H20N2O3/c22-18(8-7-15-4-3-13-23-15)21-11-9-14(10-12-21)19-20-16-5-1-2-6-17(16)24-19/h1-6,13-14H,7-12H2. The Labute approximate surface area is 140 Å². The van der Waals surface area contributed by atoms with Crippen molar-refractivity contribution in [2.75, 3.05) is 13.1 Å². The van der Waals surface area contributed by atoms with Crippen LogP contribution < -0.4 is 0 Å². The first-order chi connectivity index (χ1) is 11.8. The maximum atomic E-state index is 12.3. The van der Waals surface area contributed by atoms with Gasteiger partial charge in [-0.1, -0.05) is 12.1 Å². The molecule has 0 aliphatic carbocycles. The normalized spacial score (nSPS) is 15.9. The van der Waals surface area contributed by atoms with Crippen LogP contribution in [0, 0.1) is 0 Å². The average Bonchev–Trinajstić information content (AvgIpc) is 3.29. The second-order valence-corrected chi connectivity index (χ2v) is 6.25. The lowest BCUT2D eigenvalue weighted by Crippen LogP contribution is -2.38. The molecule has 3 aromatic rings. The summed E-state index contributed by atoms with van der Waals surface area (Å²) >= 11 is 0. The molecule has 0 spiro atoms. The van der Waals surface area contributed by atoms with Gasteiger partial charge in [0.05, 0.1) is 6.26 Å². The van der Waals surface area contributed by atoms with Crippen molar-refractivity contribution in [1.82, 2.24) is 9.88 Å². The van der Waals surface area contributed by atoms with Crippen molar-refractivity contribution in [2.45, 2.75) is 31.6 Å². The maximum absolute atomic E-state index is 12.3. The van der Waals surface area contributed by atoms with E-state index in [2.05, 4.69) is 4.98 Å². The molecular weight excluding hydrogens is 304 g/mol. The van der Waals surface area contributed by atoms with E-state index >= 15 is 0 Å². The number of hydrogen-bond acceptors (Lipinski definition) is 4. The monoisotopic (exact) mass is 324 g/mol. The van der Waals surface area contributed by atoms with Crippen LogP contribution >= 0.6 is 0 Å². The van der Waals surface area contributed by atoms with Gasteiger partial charge in [0.15, 0.2) is 11.5 Å². The number of fused-ring (bicyclic) bond motifs is 1. The molecule has 1 amide bonds. The molecule has 4 rings (SSSR count). The minimum absolute atomic E-state index is 0.197. The van der Waals surface area contributed by atoms with Gasteiger partial charge >= 0.3 is 0 Å². The SMILES string of the molecule is O=C(CCc1ccco1)N1CCC(c2nc3ccccc3o2)CC1. The number of furan rings is 1. The molecule has 0 unspecified atom stereocenters. The highest BCUT2D eigenvalue weighted by atomic mass is 16.3. The molecule has 0 atom stereocenters. The molecule has 1 aliphatic heterocycles. The Morgan fingerprint density at radius 3 is 2.75 bits per heavy atom. The van der Waals surface area contributed by atoms with E-state index in [4.69, 9.17) is 8.83 Å². The van der Waals surface area contributed by atoms with E-state index in [1.807, 2.05) is 41.3 Å². The average molecular weight is 324 g/mol. The molecule has 1 saturated heterocycles. The van der Waals surface area contributed by atoms with Crippen molar-refractivity contribution < 1.29 is 13.6 Å². The Morgan fingerprint density at radius 1 is 1.17 bits per heavy atom. The van der Waals surface area contributed by atoms with Gasteiger partial charge in [0.25, 0.3) is 0 Å². The zero-order valence-corrected chi connectivity index (χ0v) is 13.5. The summed E-state index contributed by atoms with van der Waals surface area (Å²) in [5.74, 6) is 2.16. The summed E-state index contributed by atoms with van der Waals surface area (Å²) < 4.78 is 11.2. The number of rotatable bonds is 4. The molecule has 0 bridgehead atoms. The maximum Gasteiger partial charge on any atom is 0.223 e. The molecule has 0 N–H and O–H groups in total. The van der Waals surface area contributed by atoms with E-state index in [0.717, 1.165) is 48.7 Å². The zero-order valence-electron chi connectivity index (χ0n) is 13.5. The third kappa shape index (κ3) is 3.07. The van der Waals surface area contributed by atoms with Crippen LogP contribution in [0.4, 0.5) is 0 Å². The molecule has 2 aromatic heterocycles. The smallest absolute Gasteiger partial charge is 0.223 e. The molecule has 0 saturated carbocycles. The van der Waals surface area contributed by atoms with Crippen LogP contribution in [0.3, 0.4) is 0 Å². The third-order valence-electron chi connectivity index (χ3n) is 4.67. The fourth-order valence-electron chi connectivity index (χ4n) is 3.28. The first kappa shape index (κ1) is 15.0. The fourth-order valence-corrected chi connectivity index (χ4v) is 3.28. The summed E-state index contributed by atoms with van der Waals surface area (Å²) in [5.41, 5.74) is 1.74. The molecule has 3 heterocycles. The Kier molecular flexibility index (Phi) is 4.07. The number of hydrogen-bond donors (Lipinski definition) is 0. The number of amides is 1. The second kappa shape index (κ2) is 6.51. The minimum atomic E-state index is 0.197. The summed E-state index contributed by atoms with van der Waals surface area (Å²) in [6.07, 6.45) is 4.61. The Balaban J connectivity index is 1.33. The van der Waals surface area contributed by atoms with Crippen LogP contribution in [-0.2, 0) is 11.2 Å². The van der Waals surface area contributed by atoms with Gasteiger partial charge in [0.2, 0.25) is 5.91 Å².